The molecule has 134 valence electrons. The molecule has 25 heavy (non-hydrogen) atoms. The molecule has 1 aliphatic carbocycles. The summed E-state index contributed by atoms with van der Waals surface area (Å²) in [5, 5.41) is 18.0. The first-order valence-electron chi connectivity index (χ1n) is 8.42. The number of hydrogen-bond acceptors (Lipinski definition) is 3. The third kappa shape index (κ3) is 4.93. The Morgan fingerprint density at radius 3 is 2.40 bits per heavy atom. The average molecular weight is 344 g/mol. The molecule has 3 rings (SSSR count). The lowest BCUT2D eigenvalue weighted by molar-refractivity contribution is -0.159. The summed E-state index contributed by atoms with van der Waals surface area (Å²) >= 11 is 0. The molecule has 0 radical (unpaired) electrons. The van der Waals surface area contributed by atoms with Gasteiger partial charge in [-0.15, -0.1) is 0 Å². The van der Waals surface area contributed by atoms with Crippen molar-refractivity contribution < 1.29 is 19.8 Å². The monoisotopic (exact) mass is 344 g/mol. The number of rotatable bonds is 5. The number of aryl methyl sites for hydroxylation is 1. The highest BCUT2D eigenvalue weighted by Crippen LogP contribution is 2.31. The Labute approximate surface area is 147 Å². The number of benzene rings is 1. The van der Waals surface area contributed by atoms with Crippen molar-refractivity contribution in [3.8, 4) is 11.3 Å². The maximum absolute atomic E-state index is 9.10. The van der Waals surface area contributed by atoms with Crippen LogP contribution in [0, 0.1) is 0 Å². The lowest BCUT2D eigenvalue weighted by atomic mass is 10.1. The average Bonchev–Trinajstić information content (AvgIpc) is 3.18. The van der Waals surface area contributed by atoms with Crippen molar-refractivity contribution in [2.45, 2.75) is 32.2 Å². The normalized spacial score (nSPS) is 12.2. The van der Waals surface area contributed by atoms with E-state index in [-0.39, 0.29) is 0 Å². The van der Waals surface area contributed by atoms with Crippen LogP contribution in [0.5, 0.6) is 0 Å². The van der Waals surface area contributed by atoms with Gasteiger partial charge in [0.25, 0.3) is 0 Å². The zero-order valence-corrected chi connectivity index (χ0v) is 14.4. The van der Waals surface area contributed by atoms with Crippen LogP contribution in [-0.2, 0) is 29.0 Å². The molecule has 1 aromatic heterocycles. The molecule has 0 amide bonds. The lowest BCUT2D eigenvalue weighted by Crippen LogP contribution is -2.12. The van der Waals surface area contributed by atoms with Crippen LogP contribution < -0.4 is 5.32 Å². The van der Waals surface area contributed by atoms with Crippen molar-refractivity contribution in [3.63, 3.8) is 0 Å². The zero-order valence-electron chi connectivity index (χ0n) is 14.4. The first-order valence-corrected chi connectivity index (χ1v) is 8.42. The number of carboxylic acids is 2. The van der Waals surface area contributed by atoms with E-state index >= 15 is 0 Å². The van der Waals surface area contributed by atoms with Crippen molar-refractivity contribution >= 4 is 11.9 Å². The Bertz CT molecular complexity index is 711. The fraction of sp³-hybridized carbons (Fsp3) is 0.368. The summed E-state index contributed by atoms with van der Waals surface area (Å²) in [6, 6.07) is 13.2. The van der Waals surface area contributed by atoms with Crippen LogP contribution in [0.1, 0.15) is 24.1 Å². The Morgan fingerprint density at radius 1 is 1.12 bits per heavy atom. The van der Waals surface area contributed by atoms with Crippen molar-refractivity contribution in [2.75, 3.05) is 13.6 Å². The molecule has 6 nitrogen and oxygen atoms in total. The molecule has 2 aromatic rings. The van der Waals surface area contributed by atoms with Gasteiger partial charge in [0.15, 0.2) is 0 Å². The van der Waals surface area contributed by atoms with Gasteiger partial charge in [0.1, 0.15) is 0 Å². The van der Waals surface area contributed by atoms with Crippen molar-refractivity contribution in [1.29, 1.82) is 0 Å². The van der Waals surface area contributed by atoms with Crippen molar-refractivity contribution in [3.05, 3.63) is 47.7 Å². The van der Waals surface area contributed by atoms with Gasteiger partial charge in [-0.05, 0) is 56.5 Å². The van der Waals surface area contributed by atoms with E-state index in [4.69, 9.17) is 19.8 Å². The molecule has 0 spiro atoms. The van der Waals surface area contributed by atoms with Gasteiger partial charge in [-0.2, -0.15) is 0 Å². The van der Waals surface area contributed by atoms with Crippen LogP contribution in [0.15, 0.2) is 36.4 Å². The molecule has 1 aromatic carbocycles. The summed E-state index contributed by atoms with van der Waals surface area (Å²) in [6.07, 6.45) is 5.03. The van der Waals surface area contributed by atoms with E-state index in [1.807, 2.05) is 7.05 Å². The molecular formula is C19H24N2O4. The number of aliphatic carboxylic acids is 2. The molecule has 0 atom stereocenters. The standard InChI is InChI=1S/C17H22N2.C2H2O4/c1-18-11-6-12-19-16-10-5-9-15(16)13-17(19)14-7-3-2-4-8-14;3-1(4)2(5)6/h2-4,7-8,13,18H,5-6,9-12H2,1H3;(H,3,4)(H,5,6). The number of nitrogens with zero attached hydrogens (tertiary/aromatic N) is 1. The Kier molecular flexibility index (Phi) is 6.77. The van der Waals surface area contributed by atoms with Gasteiger partial charge < -0.3 is 20.1 Å². The molecule has 3 N–H and O–H groups in total. The fourth-order valence-corrected chi connectivity index (χ4v) is 3.12. The van der Waals surface area contributed by atoms with E-state index in [0.29, 0.717) is 0 Å². The summed E-state index contributed by atoms with van der Waals surface area (Å²) < 4.78 is 2.55. The maximum Gasteiger partial charge on any atom is 0.414 e. The van der Waals surface area contributed by atoms with Crippen LogP contribution >= 0.6 is 0 Å². The van der Waals surface area contributed by atoms with Gasteiger partial charge in [0.2, 0.25) is 0 Å². The van der Waals surface area contributed by atoms with Crippen LogP contribution in [0.25, 0.3) is 11.3 Å². The Balaban J connectivity index is 0.000000326. The SMILES string of the molecule is CNCCCn1c(-c2ccccc2)cc2c1CCC2.O=C(O)C(=O)O. The molecule has 0 saturated carbocycles. The van der Waals surface area contributed by atoms with E-state index in [1.54, 1.807) is 11.3 Å². The number of fused-ring (bicyclic) bond motifs is 1. The van der Waals surface area contributed by atoms with Gasteiger partial charge in [0.05, 0.1) is 0 Å². The first-order chi connectivity index (χ1) is 12.0. The molecule has 0 fully saturated rings. The molecule has 0 saturated heterocycles. The molecular weight excluding hydrogens is 320 g/mol. The topological polar surface area (TPSA) is 91.6 Å². The van der Waals surface area contributed by atoms with E-state index in [1.165, 1.54) is 36.9 Å². The highest BCUT2D eigenvalue weighted by atomic mass is 16.4. The van der Waals surface area contributed by atoms with Gasteiger partial charge in [-0.1, -0.05) is 30.3 Å². The minimum atomic E-state index is -1.82. The van der Waals surface area contributed by atoms with Gasteiger partial charge in [-0.3, -0.25) is 0 Å². The number of hydrogen-bond donors (Lipinski definition) is 3. The first kappa shape index (κ1) is 18.7. The Hall–Kier alpha value is -2.60. The summed E-state index contributed by atoms with van der Waals surface area (Å²) in [5.74, 6) is -3.65. The molecule has 0 bridgehead atoms. The molecule has 0 unspecified atom stereocenters. The number of nitrogens with one attached hydrogen (secondary N) is 1. The molecule has 1 aliphatic rings. The quantitative estimate of drug-likeness (QED) is 0.572. The third-order valence-corrected chi connectivity index (χ3v) is 4.22. The second-order valence-corrected chi connectivity index (χ2v) is 5.94. The van der Waals surface area contributed by atoms with Gasteiger partial charge in [0, 0.05) is 17.9 Å². The third-order valence-electron chi connectivity index (χ3n) is 4.22. The van der Waals surface area contributed by atoms with E-state index in [2.05, 4.69) is 46.3 Å². The highest BCUT2D eigenvalue weighted by molar-refractivity contribution is 6.27. The minimum absolute atomic E-state index is 1.08. The molecule has 0 aliphatic heterocycles. The summed E-state index contributed by atoms with van der Waals surface area (Å²) in [6.45, 7) is 2.21. The van der Waals surface area contributed by atoms with E-state index < -0.39 is 11.9 Å². The predicted octanol–water partition coefficient (Wildman–Crippen LogP) is 2.41. The van der Waals surface area contributed by atoms with Crippen molar-refractivity contribution in [2.24, 2.45) is 0 Å². The number of carbonyl (C=O) groups is 2. The number of aromatic nitrogens is 1. The second-order valence-electron chi connectivity index (χ2n) is 5.94. The minimum Gasteiger partial charge on any atom is -0.473 e. The Morgan fingerprint density at radius 2 is 1.80 bits per heavy atom. The molecule has 1 heterocycles. The summed E-state index contributed by atoms with van der Waals surface area (Å²) in [7, 11) is 2.03. The van der Waals surface area contributed by atoms with Gasteiger partial charge >= 0.3 is 11.9 Å². The van der Waals surface area contributed by atoms with Crippen molar-refractivity contribution in [1.82, 2.24) is 9.88 Å². The summed E-state index contributed by atoms with van der Waals surface area (Å²) in [5.41, 5.74) is 5.90. The van der Waals surface area contributed by atoms with Crippen LogP contribution in [0.3, 0.4) is 0 Å². The lowest BCUT2D eigenvalue weighted by Gasteiger charge is -2.13. The van der Waals surface area contributed by atoms with Gasteiger partial charge in [-0.25, -0.2) is 9.59 Å². The van der Waals surface area contributed by atoms with Crippen LogP contribution in [0.4, 0.5) is 0 Å². The largest absolute Gasteiger partial charge is 0.473 e. The smallest absolute Gasteiger partial charge is 0.414 e. The highest BCUT2D eigenvalue weighted by Gasteiger charge is 2.19. The predicted molar refractivity (Wildman–Crippen MR) is 95.7 cm³/mol. The second kappa shape index (κ2) is 9.03. The molecule has 6 heteroatoms. The zero-order chi connectivity index (χ0) is 18.2. The van der Waals surface area contributed by atoms with E-state index in [9.17, 15) is 0 Å². The maximum atomic E-state index is 9.10. The van der Waals surface area contributed by atoms with E-state index in [0.717, 1.165) is 13.1 Å². The van der Waals surface area contributed by atoms with Crippen LogP contribution in [-0.4, -0.2) is 40.3 Å². The number of carboxylic acid groups (broad SMARTS) is 2. The van der Waals surface area contributed by atoms with Crippen LogP contribution in [0.2, 0.25) is 0 Å². The fourth-order valence-electron chi connectivity index (χ4n) is 3.12. The summed E-state index contributed by atoms with van der Waals surface area (Å²) in [4.78, 5) is 18.2.